The lowest BCUT2D eigenvalue weighted by Crippen LogP contribution is -2.25. The van der Waals surface area contributed by atoms with E-state index < -0.39 is 0 Å². The van der Waals surface area contributed by atoms with Crippen LogP contribution in [0.1, 0.15) is 17.9 Å². The number of benzene rings is 1. The third-order valence-corrected chi connectivity index (χ3v) is 5.56. The van der Waals surface area contributed by atoms with Gasteiger partial charge in [0.1, 0.15) is 11.5 Å². The monoisotopic (exact) mass is 448 g/mol. The maximum Gasteiger partial charge on any atom is 0.260 e. The number of nitrogens with zero attached hydrogens (tertiary/aromatic N) is 6. The molecule has 0 saturated heterocycles. The summed E-state index contributed by atoms with van der Waals surface area (Å²) in [4.78, 5) is 33.2. The summed E-state index contributed by atoms with van der Waals surface area (Å²) < 4.78 is 1.74. The Balaban J connectivity index is 1.83. The van der Waals surface area contributed by atoms with Crippen LogP contribution in [0.5, 0.6) is 0 Å². The minimum atomic E-state index is -0.112. The van der Waals surface area contributed by atoms with Crippen molar-refractivity contribution in [3.63, 3.8) is 0 Å². The molecule has 0 saturated carbocycles. The molecule has 0 spiro atoms. The largest absolute Gasteiger partial charge is 0.309 e. The van der Waals surface area contributed by atoms with Gasteiger partial charge >= 0.3 is 0 Å². The second-order valence-corrected chi connectivity index (χ2v) is 8.52. The number of fused-ring (bicyclic) bond motifs is 1. The van der Waals surface area contributed by atoms with E-state index in [0.717, 1.165) is 35.3 Å². The zero-order valence-corrected chi connectivity index (χ0v) is 19.4. The quantitative estimate of drug-likeness (QED) is 0.441. The van der Waals surface area contributed by atoms with Crippen molar-refractivity contribution in [2.24, 2.45) is 0 Å². The van der Waals surface area contributed by atoms with E-state index >= 15 is 0 Å². The second-order valence-electron chi connectivity index (χ2n) is 8.11. The van der Waals surface area contributed by atoms with Crippen molar-refractivity contribution in [3.8, 4) is 22.4 Å². The summed E-state index contributed by atoms with van der Waals surface area (Å²) in [6.07, 6.45) is 5.99. The molecule has 0 N–H and O–H groups in total. The standard InChI is InChI=1S/C24H25ClN6O/c1-15-12-26-14-22(28-15)17-6-7-19(21(25)11-17)20-10-18-13-27-16(2)29-23(18)31(24(20)32)9-5-8-30(3)4/h6-7,10-14H,5,8-9H2,1-4H3. The van der Waals surface area contributed by atoms with Crippen LogP contribution in [0.2, 0.25) is 5.02 Å². The van der Waals surface area contributed by atoms with Crippen molar-refractivity contribution >= 4 is 22.6 Å². The molecule has 0 amide bonds. The van der Waals surface area contributed by atoms with Crippen molar-refractivity contribution in [2.45, 2.75) is 26.8 Å². The molecule has 4 rings (SSSR count). The number of hydrogen-bond donors (Lipinski definition) is 0. The van der Waals surface area contributed by atoms with E-state index in [9.17, 15) is 4.79 Å². The van der Waals surface area contributed by atoms with Crippen LogP contribution < -0.4 is 5.56 Å². The van der Waals surface area contributed by atoms with Crippen LogP contribution in [0.15, 0.2) is 47.7 Å². The molecule has 0 fully saturated rings. The van der Waals surface area contributed by atoms with Crippen molar-refractivity contribution in [2.75, 3.05) is 20.6 Å². The van der Waals surface area contributed by atoms with Crippen molar-refractivity contribution in [1.82, 2.24) is 29.4 Å². The Labute approximate surface area is 191 Å². The predicted octanol–water partition coefficient (Wildman–Crippen LogP) is 4.14. The number of aromatic nitrogens is 5. The lowest BCUT2D eigenvalue weighted by Gasteiger charge is -2.15. The smallest absolute Gasteiger partial charge is 0.260 e. The lowest BCUT2D eigenvalue weighted by atomic mass is 10.0. The van der Waals surface area contributed by atoms with Crippen LogP contribution in [0.25, 0.3) is 33.4 Å². The van der Waals surface area contributed by atoms with Crippen LogP contribution in [0.3, 0.4) is 0 Å². The van der Waals surface area contributed by atoms with E-state index in [1.54, 1.807) is 23.2 Å². The SMILES string of the molecule is Cc1cncc(-c2ccc(-c3cc4cnc(C)nc4n(CCCN(C)C)c3=O)c(Cl)c2)n1. The molecule has 3 heterocycles. The number of pyridine rings is 1. The first-order valence-electron chi connectivity index (χ1n) is 10.4. The zero-order chi connectivity index (χ0) is 22.8. The van der Waals surface area contributed by atoms with Gasteiger partial charge in [-0.3, -0.25) is 14.3 Å². The van der Waals surface area contributed by atoms with E-state index in [2.05, 4.69) is 24.8 Å². The topological polar surface area (TPSA) is 76.8 Å². The van der Waals surface area contributed by atoms with Gasteiger partial charge in [0.05, 0.1) is 17.6 Å². The maximum atomic E-state index is 13.5. The lowest BCUT2D eigenvalue weighted by molar-refractivity contribution is 0.386. The Morgan fingerprint density at radius 3 is 2.56 bits per heavy atom. The third-order valence-electron chi connectivity index (χ3n) is 5.24. The second kappa shape index (κ2) is 9.14. The van der Waals surface area contributed by atoms with Gasteiger partial charge in [-0.1, -0.05) is 23.7 Å². The molecule has 164 valence electrons. The van der Waals surface area contributed by atoms with Crippen molar-refractivity contribution in [1.29, 1.82) is 0 Å². The van der Waals surface area contributed by atoms with Gasteiger partial charge in [-0.05, 0) is 53.0 Å². The first-order valence-corrected chi connectivity index (χ1v) is 10.8. The van der Waals surface area contributed by atoms with Gasteiger partial charge in [0, 0.05) is 46.0 Å². The van der Waals surface area contributed by atoms with Crippen LogP contribution in [-0.4, -0.2) is 50.0 Å². The first-order chi connectivity index (χ1) is 15.3. The molecular formula is C24H25ClN6O. The molecule has 0 aliphatic heterocycles. The molecule has 0 radical (unpaired) electrons. The fourth-order valence-corrected chi connectivity index (χ4v) is 3.97. The normalized spacial score (nSPS) is 11.4. The average molecular weight is 449 g/mol. The highest BCUT2D eigenvalue weighted by molar-refractivity contribution is 6.33. The summed E-state index contributed by atoms with van der Waals surface area (Å²) in [5.74, 6) is 0.632. The molecule has 1 aromatic carbocycles. The Kier molecular flexibility index (Phi) is 6.30. The molecule has 7 nitrogen and oxygen atoms in total. The molecule has 3 aromatic heterocycles. The third kappa shape index (κ3) is 4.54. The van der Waals surface area contributed by atoms with E-state index in [0.29, 0.717) is 34.2 Å². The summed E-state index contributed by atoms with van der Waals surface area (Å²) in [6, 6.07) is 7.43. The molecular weight excluding hydrogens is 424 g/mol. The predicted molar refractivity (Wildman–Crippen MR) is 128 cm³/mol. The highest BCUT2D eigenvalue weighted by atomic mass is 35.5. The van der Waals surface area contributed by atoms with Crippen LogP contribution in [0.4, 0.5) is 0 Å². The molecule has 32 heavy (non-hydrogen) atoms. The fraction of sp³-hybridized carbons (Fsp3) is 0.292. The Bertz CT molecular complexity index is 1350. The summed E-state index contributed by atoms with van der Waals surface area (Å²) in [6.45, 7) is 5.15. The highest BCUT2D eigenvalue weighted by Crippen LogP contribution is 2.31. The number of hydrogen-bond acceptors (Lipinski definition) is 6. The summed E-state index contributed by atoms with van der Waals surface area (Å²) in [5.41, 5.74) is 4.15. The summed E-state index contributed by atoms with van der Waals surface area (Å²) in [7, 11) is 4.03. The van der Waals surface area contributed by atoms with Gasteiger partial charge in [0.25, 0.3) is 5.56 Å². The molecule has 4 aromatic rings. The van der Waals surface area contributed by atoms with Crippen LogP contribution >= 0.6 is 11.6 Å². The van der Waals surface area contributed by atoms with E-state index in [1.807, 2.05) is 52.2 Å². The van der Waals surface area contributed by atoms with E-state index in [1.165, 1.54) is 0 Å². The fourth-order valence-electron chi connectivity index (χ4n) is 3.69. The van der Waals surface area contributed by atoms with Crippen LogP contribution in [-0.2, 0) is 6.54 Å². The average Bonchev–Trinajstić information content (AvgIpc) is 2.75. The minimum absolute atomic E-state index is 0.112. The van der Waals surface area contributed by atoms with Gasteiger partial charge in [0.2, 0.25) is 0 Å². The Hall–Kier alpha value is -3.16. The number of aryl methyl sites for hydroxylation is 3. The highest BCUT2D eigenvalue weighted by Gasteiger charge is 2.16. The minimum Gasteiger partial charge on any atom is -0.309 e. The number of rotatable bonds is 6. The Morgan fingerprint density at radius 1 is 1.03 bits per heavy atom. The molecule has 0 bridgehead atoms. The van der Waals surface area contributed by atoms with Crippen LogP contribution in [0, 0.1) is 13.8 Å². The van der Waals surface area contributed by atoms with Gasteiger partial charge < -0.3 is 4.90 Å². The van der Waals surface area contributed by atoms with Gasteiger partial charge in [-0.2, -0.15) is 0 Å². The van der Waals surface area contributed by atoms with Gasteiger partial charge in [0.15, 0.2) is 0 Å². The van der Waals surface area contributed by atoms with Gasteiger partial charge in [-0.25, -0.2) is 15.0 Å². The molecule has 8 heteroatoms. The summed E-state index contributed by atoms with van der Waals surface area (Å²) in [5, 5.41) is 1.29. The molecule has 0 unspecified atom stereocenters. The van der Waals surface area contributed by atoms with Gasteiger partial charge in [-0.15, -0.1) is 0 Å². The Morgan fingerprint density at radius 2 is 1.84 bits per heavy atom. The first kappa shape index (κ1) is 22.0. The molecule has 0 aliphatic rings. The van der Waals surface area contributed by atoms with Crippen molar-refractivity contribution < 1.29 is 0 Å². The van der Waals surface area contributed by atoms with E-state index in [4.69, 9.17) is 11.6 Å². The van der Waals surface area contributed by atoms with E-state index in [-0.39, 0.29) is 5.56 Å². The molecule has 0 aliphatic carbocycles. The zero-order valence-electron chi connectivity index (χ0n) is 18.6. The number of halogens is 1. The maximum absolute atomic E-state index is 13.5. The van der Waals surface area contributed by atoms with Crippen molar-refractivity contribution in [3.05, 3.63) is 69.8 Å². The molecule has 0 atom stereocenters. The summed E-state index contributed by atoms with van der Waals surface area (Å²) >= 11 is 6.67.